The van der Waals surface area contributed by atoms with Gasteiger partial charge in [0.25, 0.3) is 0 Å². The summed E-state index contributed by atoms with van der Waals surface area (Å²) in [7, 11) is 1.69. The van der Waals surface area contributed by atoms with Gasteiger partial charge < -0.3 is 33.9 Å². The highest BCUT2D eigenvalue weighted by molar-refractivity contribution is 5.94. The van der Waals surface area contributed by atoms with Crippen molar-refractivity contribution in [2.24, 2.45) is 0 Å². The topological polar surface area (TPSA) is 119 Å². The van der Waals surface area contributed by atoms with Gasteiger partial charge in [-0.25, -0.2) is 4.79 Å². The lowest BCUT2D eigenvalue weighted by molar-refractivity contribution is -0.116. The third-order valence-electron chi connectivity index (χ3n) is 8.90. The maximum Gasteiger partial charge on any atom is 0.410 e. The molecule has 3 aromatic rings. The van der Waals surface area contributed by atoms with Crippen LogP contribution in [-0.2, 0) is 25.4 Å². The van der Waals surface area contributed by atoms with E-state index >= 15 is 0 Å². The second-order valence-electron chi connectivity index (χ2n) is 13.8. The van der Waals surface area contributed by atoms with Crippen molar-refractivity contribution in [3.63, 3.8) is 0 Å². The Kier molecular flexibility index (Phi) is 12.7. The number of nitriles is 1. The number of hydrogen-bond donors (Lipinski definition) is 1. The minimum atomic E-state index is -0.608. The van der Waals surface area contributed by atoms with E-state index in [2.05, 4.69) is 35.7 Å². The van der Waals surface area contributed by atoms with Gasteiger partial charge in [0.15, 0.2) is 0 Å². The third kappa shape index (κ3) is 10.2. The van der Waals surface area contributed by atoms with Gasteiger partial charge in [0.05, 0.1) is 37.5 Å². The van der Waals surface area contributed by atoms with E-state index in [1.807, 2.05) is 51.1 Å². The number of anilines is 1. The molecule has 1 fully saturated rings. The Bertz CT molecular complexity index is 1630. The maximum atomic E-state index is 13.2. The van der Waals surface area contributed by atoms with Crippen LogP contribution in [-0.4, -0.2) is 68.6 Å². The van der Waals surface area contributed by atoms with Crippen LogP contribution in [0.1, 0.15) is 87.2 Å². The quantitative estimate of drug-likeness (QED) is 0.173. The van der Waals surface area contributed by atoms with E-state index in [0.29, 0.717) is 63.5 Å². The molecule has 0 bridgehead atoms. The van der Waals surface area contributed by atoms with Gasteiger partial charge in [-0.05, 0) is 93.5 Å². The van der Waals surface area contributed by atoms with Crippen molar-refractivity contribution in [1.29, 1.82) is 5.26 Å². The van der Waals surface area contributed by atoms with Crippen molar-refractivity contribution < 1.29 is 33.3 Å². The van der Waals surface area contributed by atoms with Gasteiger partial charge >= 0.3 is 6.09 Å². The van der Waals surface area contributed by atoms with Crippen LogP contribution in [0.3, 0.4) is 0 Å². The number of nitrogens with zero attached hydrogens (tertiary/aromatic N) is 2. The predicted octanol–water partition coefficient (Wildman–Crippen LogP) is 7.57. The Balaban J connectivity index is 1.29. The summed E-state index contributed by atoms with van der Waals surface area (Å²) in [5.41, 5.74) is 3.96. The Morgan fingerprint density at radius 1 is 1.00 bits per heavy atom. The highest BCUT2D eigenvalue weighted by atomic mass is 16.6. The Morgan fingerprint density at radius 2 is 1.78 bits per heavy atom. The van der Waals surface area contributed by atoms with E-state index in [1.54, 1.807) is 24.1 Å². The number of piperidine rings is 1. The zero-order chi connectivity index (χ0) is 35.5. The fourth-order valence-electron chi connectivity index (χ4n) is 6.38. The second-order valence-corrected chi connectivity index (χ2v) is 13.8. The van der Waals surface area contributed by atoms with E-state index < -0.39 is 5.60 Å². The summed E-state index contributed by atoms with van der Waals surface area (Å²) in [5.74, 6) is 1.38. The van der Waals surface area contributed by atoms with Crippen molar-refractivity contribution in [3.05, 3.63) is 89.0 Å². The summed E-state index contributed by atoms with van der Waals surface area (Å²) in [6.45, 7) is 8.05. The third-order valence-corrected chi connectivity index (χ3v) is 8.90. The van der Waals surface area contributed by atoms with Crippen molar-refractivity contribution in [3.8, 4) is 17.6 Å². The molecule has 3 atom stereocenters. The number of amides is 2. The maximum absolute atomic E-state index is 13.2. The van der Waals surface area contributed by atoms with Crippen molar-refractivity contribution >= 4 is 17.7 Å². The zero-order valence-electron chi connectivity index (χ0n) is 29.6. The molecule has 0 spiro atoms. The molecule has 3 unspecified atom stereocenters. The molecule has 50 heavy (non-hydrogen) atoms. The smallest absolute Gasteiger partial charge is 0.410 e. The number of nitrogens with one attached hydrogen (secondary N) is 1. The van der Waals surface area contributed by atoms with Crippen LogP contribution in [0.5, 0.6) is 11.5 Å². The lowest BCUT2D eigenvalue weighted by Crippen LogP contribution is -2.48. The fourth-order valence-corrected chi connectivity index (χ4v) is 6.38. The van der Waals surface area contributed by atoms with Gasteiger partial charge in [-0.3, -0.25) is 4.79 Å². The first-order valence-electron chi connectivity index (χ1n) is 17.5. The van der Waals surface area contributed by atoms with Gasteiger partial charge in [0.1, 0.15) is 23.2 Å². The molecule has 10 heteroatoms. The molecule has 5 rings (SSSR count). The number of methoxy groups -OCH3 is 1. The number of para-hydroxylation sites is 1. The van der Waals surface area contributed by atoms with Crippen LogP contribution in [0.15, 0.2) is 66.7 Å². The summed E-state index contributed by atoms with van der Waals surface area (Å²) < 4.78 is 29.9. The van der Waals surface area contributed by atoms with E-state index in [9.17, 15) is 14.9 Å². The van der Waals surface area contributed by atoms with Gasteiger partial charge in [-0.15, -0.1) is 0 Å². The summed E-state index contributed by atoms with van der Waals surface area (Å²) >= 11 is 0. The molecule has 1 saturated heterocycles. The number of carbonyl (C=O) groups excluding carboxylic acids is 2. The van der Waals surface area contributed by atoms with Crippen molar-refractivity contribution in [2.75, 3.05) is 45.3 Å². The minimum Gasteiger partial charge on any atom is -0.493 e. The van der Waals surface area contributed by atoms with E-state index in [-0.39, 0.29) is 30.1 Å². The average Bonchev–Trinajstić information content (AvgIpc) is 3.10. The van der Waals surface area contributed by atoms with Gasteiger partial charge in [0.2, 0.25) is 5.91 Å². The fraction of sp³-hybridized carbons (Fsp3) is 0.475. The summed E-state index contributed by atoms with van der Waals surface area (Å²) in [6, 6.07) is 23.6. The lowest BCUT2D eigenvalue weighted by atomic mass is 9.86. The first kappa shape index (κ1) is 36.7. The zero-order valence-corrected chi connectivity index (χ0v) is 29.6. The average molecular weight is 684 g/mol. The second kappa shape index (κ2) is 17.4. The van der Waals surface area contributed by atoms with Crippen molar-refractivity contribution in [2.45, 2.75) is 83.0 Å². The molecule has 2 aliphatic heterocycles. The standard InChI is InChI=1S/C40H49N3O7/c1-40(2,3)50-39(45)43-21-20-33(28-14-17-32(18-15-28)47-23-8-24-48-35-10-6-5-9-31(35)26-41)37(27-43)49-36(11-7-22-46-4)30-13-12-29-16-19-38(44)42-34(29)25-30/h5-6,9-10,12-15,17-18,25,33,36-37H,7-8,11,16,19-24,27H2,1-4H3,(H,42,44). The van der Waals surface area contributed by atoms with E-state index in [0.717, 1.165) is 47.4 Å². The SMILES string of the molecule is COCCCC(OC1CN(C(=O)OC(C)(C)C)CCC1c1ccc(OCCCOc2ccccc2C#N)cc1)c1ccc2c(c1)NC(=O)CC2. The normalized spacial score (nSPS) is 18.0. The van der Waals surface area contributed by atoms with E-state index in [4.69, 9.17) is 23.7 Å². The summed E-state index contributed by atoms with van der Waals surface area (Å²) in [5, 5.41) is 12.3. The Morgan fingerprint density at radius 3 is 2.54 bits per heavy atom. The number of rotatable bonds is 14. The monoisotopic (exact) mass is 683 g/mol. The molecule has 10 nitrogen and oxygen atoms in total. The highest BCUT2D eigenvalue weighted by Gasteiger charge is 2.37. The molecule has 2 heterocycles. The number of fused-ring (bicyclic) bond motifs is 1. The highest BCUT2D eigenvalue weighted by Crippen LogP contribution is 2.38. The number of ether oxygens (including phenoxy) is 5. The summed E-state index contributed by atoms with van der Waals surface area (Å²) in [6.07, 6.45) is 3.15. The van der Waals surface area contributed by atoms with Crippen LogP contribution >= 0.6 is 0 Å². The lowest BCUT2D eigenvalue weighted by Gasteiger charge is -2.40. The molecule has 2 aliphatic rings. The first-order chi connectivity index (χ1) is 24.1. The van der Waals surface area contributed by atoms with Gasteiger partial charge in [0, 0.05) is 44.7 Å². The number of aryl methyl sites for hydroxylation is 1. The molecular formula is C40H49N3O7. The van der Waals surface area contributed by atoms with Crippen molar-refractivity contribution in [1.82, 2.24) is 4.90 Å². The van der Waals surface area contributed by atoms with E-state index in [1.165, 1.54) is 0 Å². The first-order valence-corrected chi connectivity index (χ1v) is 17.5. The predicted molar refractivity (Wildman–Crippen MR) is 190 cm³/mol. The molecule has 2 amide bonds. The van der Waals surface area contributed by atoms with Crippen LogP contribution < -0.4 is 14.8 Å². The molecule has 0 saturated carbocycles. The largest absolute Gasteiger partial charge is 0.493 e. The minimum absolute atomic E-state index is 0.0222. The number of benzene rings is 3. The Labute approximate surface area is 295 Å². The van der Waals surface area contributed by atoms with Crippen LogP contribution in [0.25, 0.3) is 0 Å². The van der Waals surface area contributed by atoms with Crippen LogP contribution in [0.2, 0.25) is 0 Å². The molecule has 1 N–H and O–H groups in total. The number of hydrogen-bond acceptors (Lipinski definition) is 8. The molecule has 3 aromatic carbocycles. The van der Waals surface area contributed by atoms with Gasteiger partial charge in [-0.1, -0.05) is 36.4 Å². The molecule has 0 aromatic heterocycles. The number of carbonyl (C=O) groups is 2. The Hall–Kier alpha value is -4.59. The molecule has 0 radical (unpaired) electrons. The summed E-state index contributed by atoms with van der Waals surface area (Å²) in [4.78, 5) is 27.2. The van der Waals surface area contributed by atoms with Gasteiger partial charge in [-0.2, -0.15) is 5.26 Å². The number of likely N-dealkylation sites (tertiary alicyclic amines) is 1. The van der Waals surface area contributed by atoms with Crippen LogP contribution in [0.4, 0.5) is 10.5 Å². The van der Waals surface area contributed by atoms with Crippen LogP contribution in [0, 0.1) is 11.3 Å². The molecule has 266 valence electrons. The molecular weight excluding hydrogens is 634 g/mol. The molecule has 0 aliphatic carbocycles.